The third kappa shape index (κ3) is 4.42. The molecule has 0 bridgehead atoms. The zero-order valence-corrected chi connectivity index (χ0v) is 14.0. The van der Waals surface area contributed by atoms with Gasteiger partial charge in [-0.05, 0) is 6.92 Å². The van der Waals surface area contributed by atoms with Crippen molar-refractivity contribution in [1.82, 2.24) is 14.5 Å². The molecule has 120 valence electrons. The molecule has 4 nitrogen and oxygen atoms in total. The molecule has 0 amide bonds. The molecule has 1 aliphatic rings. The Morgan fingerprint density at radius 1 is 1.05 bits per heavy atom. The van der Waals surface area contributed by atoms with Gasteiger partial charge in [0.25, 0.3) is 0 Å². The normalized spacial score (nSPS) is 15.2. The van der Waals surface area contributed by atoms with E-state index in [0.717, 1.165) is 50.9 Å². The molecule has 0 radical (unpaired) electrons. The van der Waals surface area contributed by atoms with E-state index in [1.54, 1.807) is 0 Å². The van der Waals surface area contributed by atoms with Gasteiger partial charge in [0.1, 0.15) is 5.82 Å². The minimum absolute atomic E-state index is 0.859. The van der Waals surface area contributed by atoms with Crippen LogP contribution >= 0.6 is 0 Å². The van der Waals surface area contributed by atoms with Crippen molar-refractivity contribution in [3.8, 4) is 11.3 Å². The van der Waals surface area contributed by atoms with Crippen molar-refractivity contribution in [3.63, 3.8) is 0 Å². The van der Waals surface area contributed by atoms with Crippen molar-refractivity contribution in [2.45, 2.75) is 27.3 Å². The molecule has 4 heteroatoms. The van der Waals surface area contributed by atoms with Crippen LogP contribution in [0.3, 0.4) is 0 Å². The second kappa shape index (κ2) is 8.71. The van der Waals surface area contributed by atoms with Crippen LogP contribution in [0, 0.1) is 6.92 Å². The van der Waals surface area contributed by atoms with Crippen molar-refractivity contribution in [2.75, 3.05) is 32.8 Å². The quantitative estimate of drug-likeness (QED) is 0.868. The Bertz CT molecular complexity index is 545. The van der Waals surface area contributed by atoms with Crippen LogP contribution in [0.5, 0.6) is 0 Å². The molecule has 1 aromatic heterocycles. The van der Waals surface area contributed by atoms with E-state index >= 15 is 0 Å². The predicted molar refractivity (Wildman–Crippen MR) is 91.0 cm³/mol. The Morgan fingerprint density at radius 3 is 2.41 bits per heavy atom. The number of hydrogen-bond donors (Lipinski definition) is 0. The highest BCUT2D eigenvalue weighted by Gasteiger charge is 2.11. The lowest BCUT2D eigenvalue weighted by atomic mass is 10.2. The molecule has 0 unspecified atom stereocenters. The van der Waals surface area contributed by atoms with Crippen LogP contribution in [0.1, 0.15) is 19.7 Å². The van der Waals surface area contributed by atoms with E-state index in [1.165, 1.54) is 5.56 Å². The van der Waals surface area contributed by atoms with Crippen LogP contribution in [-0.4, -0.2) is 47.3 Å². The molecule has 1 aromatic carbocycles. The SMILES string of the molecule is CC.Cc1nc(-c2ccccc2)cn1CCN1CCOCC1. The zero-order chi connectivity index (χ0) is 15.8. The second-order valence-corrected chi connectivity index (χ2v) is 5.19. The summed E-state index contributed by atoms with van der Waals surface area (Å²) >= 11 is 0. The highest BCUT2D eigenvalue weighted by Crippen LogP contribution is 2.18. The summed E-state index contributed by atoms with van der Waals surface area (Å²) in [5, 5.41) is 0. The van der Waals surface area contributed by atoms with E-state index in [2.05, 4.69) is 51.8 Å². The lowest BCUT2D eigenvalue weighted by Crippen LogP contribution is -2.38. The molecule has 1 saturated heterocycles. The minimum atomic E-state index is 0.859. The van der Waals surface area contributed by atoms with Crippen molar-refractivity contribution in [1.29, 1.82) is 0 Å². The lowest BCUT2D eigenvalue weighted by molar-refractivity contribution is 0.0363. The first-order valence-corrected chi connectivity index (χ1v) is 8.22. The van der Waals surface area contributed by atoms with Gasteiger partial charge in [-0.3, -0.25) is 4.90 Å². The molecule has 22 heavy (non-hydrogen) atoms. The maximum absolute atomic E-state index is 5.38. The van der Waals surface area contributed by atoms with Crippen molar-refractivity contribution in [3.05, 3.63) is 42.4 Å². The molecule has 0 spiro atoms. The van der Waals surface area contributed by atoms with Crippen molar-refractivity contribution in [2.24, 2.45) is 0 Å². The summed E-state index contributed by atoms with van der Waals surface area (Å²) in [6, 6.07) is 10.3. The number of rotatable bonds is 4. The Kier molecular flexibility index (Phi) is 6.62. The van der Waals surface area contributed by atoms with Gasteiger partial charge in [-0.2, -0.15) is 0 Å². The molecule has 2 heterocycles. The summed E-state index contributed by atoms with van der Waals surface area (Å²) in [5.41, 5.74) is 2.24. The first-order valence-electron chi connectivity index (χ1n) is 8.22. The van der Waals surface area contributed by atoms with Gasteiger partial charge in [0.05, 0.1) is 18.9 Å². The Morgan fingerprint density at radius 2 is 1.73 bits per heavy atom. The number of aromatic nitrogens is 2. The molecule has 0 atom stereocenters. The van der Waals surface area contributed by atoms with Gasteiger partial charge in [-0.25, -0.2) is 4.98 Å². The Balaban J connectivity index is 0.000000847. The molecule has 2 aromatic rings. The van der Waals surface area contributed by atoms with Gasteiger partial charge < -0.3 is 9.30 Å². The third-order valence-corrected chi connectivity index (χ3v) is 3.81. The minimum Gasteiger partial charge on any atom is -0.379 e. The van der Waals surface area contributed by atoms with Crippen LogP contribution in [0.25, 0.3) is 11.3 Å². The van der Waals surface area contributed by atoms with E-state index in [1.807, 2.05) is 19.9 Å². The zero-order valence-electron chi connectivity index (χ0n) is 14.0. The van der Waals surface area contributed by atoms with Crippen LogP contribution in [0.15, 0.2) is 36.5 Å². The molecule has 3 rings (SSSR count). The number of aryl methyl sites for hydroxylation is 1. The van der Waals surface area contributed by atoms with Crippen LogP contribution in [0.2, 0.25) is 0 Å². The predicted octanol–water partition coefficient (Wildman–Crippen LogP) is 3.22. The Labute approximate surface area is 133 Å². The number of benzene rings is 1. The highest BCUT2D eigenvalue weighted by molar-refractivity contribution is 5.58. The van der Waals surface area contributed by atoms with Gasteiger partial charge >= 0.3 is 0 Å². The van der Waals surface area contributed by atoms with Gasteiger partial charge in [-0.15, -0.1) is 0 Å². The number of hydrogen-bond acceptors (Lipinski definition) is 3. The van der Waals surface area contributed by atoms with Crippen molar-refractivity contribution < 1.29 is 4.74 Å². The molecule has 0 aliphatic carbocycles. The van der Waals surface area contributed by atoms with Gasteiger partial charge in [0.2, 0.25) is 0 Å². The number of ether oxygens (including phenoxy) is 1. The fraction of sp³-hybridized carbons (Fsp3) is 0.500. The summed E-state index contributed by atoms with van der Waals surface area (Å²) in [6.07, 6.45) is 2.16. The summed E-state index contributed by atoms with van der Waals surface area (Å²) in [4.78, 5) is 7.11. The monoisotopic (exact) mass is 301 g/mol. The average Bonchev–Trinajstić information content (AvgIpc) is 2.97. The molecular formula is C18H27N3O. The van der Waals surface area contributed by atoms with Crippen LogP contribution < -0.4 is 0 Å². The maximum atomic E-state index is 5.38. The fourth-order valence-electron chi connectivity index (χ4n) is 2.56. The van der Waals surface area contributed by atoms with Crippen LogP contribution in [0.4, 0.5) is 0 Å². The molecule has 0 saturated carbocycles. The summed E-state index contributed by atoms with van der Waals surface area (Å²) in [7, 11) is 0. The third-order valence-electron chi connectivity index (χ3n) is 3.81. The fourth-order valence-corrected chi connectivity index (χ4v) is 2.56. The van der Waals surface area contributed by atoms with E-state index in [-0.39, 0.29) is 0 Å². The first-order chi connectivity index (χ1) is 10.8. The number of morpholine rings is 1. The summed E-state index contributed by atoms with van der Waals surface area (Å²) < 4.78 is 7.62. The topological polar surface area (TPSA) is 30.3 Å². The van der Waals surface area contributed by atoms with Gasteiger partial charge in [0, 0.05) is 37.9 Å². The van der Waals surface area contributed by atoms with E-state index in [0.29, 0.717) is 0 Å². The molecule has 0 N–H and O–H groups in total. The number of nitrogens with zero attached hydrogens (tertiary/aromatic N) is 3. The van der Waals surface area contributed by atoms with Gasteiger partial charge in [0.15, 0.2) is 0 Å². The number of imidazole rings is 1. The van der Waals surface area contributed by atoms with Crippen LogP contribution in [-0.2, 0) is 11.3 Å². The smallest absolute Gasteiger partial charge is 0.106 e. The first kappa shape index (κ1) is 16.7. The summed E-state index contributed by atoms with van der Waals surface area (Å²) in [6.45, 7) is 11.9. The molecule has 1 fully saturated rings. The highest BCUT2D eigenvalue weighted by atomic mass is 16.5. The Hall–Kier alpha value is -1.65. The van der Waals surface area contributed by atoms with E-state index in [4.69, 9.17) is 4.74 Å². The van der Waals surface area contributed by atoms with E-state index in [9.17, 15) is 0 Å². The summed E-state index contributed by atoms with van der Waals surface area (Å²) in [5.74, 6) is 1.08. The van der Waals surface area contributed by atoms with Crippen molar-refractivity contribution >= 4 is 0 Å². The second-order valence-electron chi connectivity index (χ2n) is 5.19. The average molecular weight is 301 g/mol. The molecule has 1 aliphatic heterocycles. The lowest BCUT2D eigenvalue weighted by Gasteiger charge is -2.26. The largest absolute Gasteiger partial charge is 0.379 e. The molecular weight excluding hydrogens is 274 g/mol. The van der Waals surface area contributed by atoms with Gasteiger partial charge in [-0.1, -0.05) is 44.2 Å². The maximum Gasteiger partial charge on any atom is 0.106 e. The van der Waals surface area contributed by atoms with E-state index < -0.39 is 0 Å². The standard InChI is InChI=1S/C16H21N3O.C2H6/c1-14-17-16(15-5-3-2-4-6-15)13-19(14)8-7-18-9-11-20-12-10-18;1-2/h2-6,13H,7-12H2,1H3;1-2H3.